The largest absolute Gasteiger partial charge is 0.492 e. The lowest BCUT2D eigenvalue weighted by atomic mass is 10.2. The average Bonchev–Trinajstić information content (AvgIpc) is 2.92. The molecule has 156 valence electrons. The lowest BCUT2D eigenvalue weighted by Gasteiger charge is -2.18. The third-order valence-corrected chi connectivity index (χ3v) is 4.52. The van der Waals surface area contributed by atoms with Crippen LogP contribution in [0.5, 0.6) is 5.75 Å². The van der Waals surface area contributed by atoms with Gasteiger partial charge in [0.1, 0.15) is 16.5 Å². The molecule has 0 spiro atoms. The van der Waals surface area contributed by atoms with E-state index in [1.807, 2.05) is 6.92 Å². The van der Waals surface area contributed by atoms with Gasteiger partial charge in [-0.1, -0.05) is 23.7 Å². The van der Waals surface area contributed by atoms with Gasteiger partial charge < -0.3 is 14.8 Å². The van der Waals surface area contributed by atoms with E-state index in [1.54, 1.807) is 62.4 Å². The normalized spacial score (nSPS) is 13.8. The van der Waals surface area contributed by atoms with E-state index in [0.717, 1.165) is 4.90 Å². The highest BCUT2D eigenvalue weighted by Crippen LogP contribution is 2.35. The summed E-state index contributed by atoms with van der Waals surface area (Å²) < 4.78 is 10.7. The van der Waals surface area contributed by atoms with E-state index in [-0.39, 0.29) is 16.8 Å². The van der Waals surface area contributed by atoms with Gasteiger partial charge in [-0.05, 0) is 57.2 Å². The Hall–Kier alpha value is -3.32. The molecule has 30 heavy (non-hydrogen) atoms. The van der Waals surface area contributed by atoms with Crippen molar-refractivity contribution in [3.8, 4) is 5.75 Å². The molecular formula is C22H21ClN2O5. The van der Waals surface area contributed by atoms with Crippen LogP contribution >= 0.6 is 11.6 Å². The highest BCUT2D eigenvalue weighted by atomic mass is 35.5. The minimum atomic E-state index is -0.645. The summed E-state index contributed by atoms with van der Waals surface area (Å²) in [7, 11) is 0. The maximum Gasteiger partial charge on any atom is 0.338 e. The number of halogens is 1. The van der Waals surface area contributed by atoms with Crippen molar-refractivity contribution in [2.75, 3.05) is 16.8 Å². The average molecular weight is 429 g/mol. The molecular weight excluding hydrogens is 408 g/mol. The molecule has 1 aliphatic rings. The molecule has 2 aromatic carbocycles. The predicted octanol–water partition coefficient (Wildman–Crippen LogP) is 4.09. The Morgan fingerprint density at radius 3 is 2.37 bits per heavy atom. The number of amides is 2. The summed E-state index contributed by atoms with van der Waals surface area (Å²) in [5, 5.41) is 2.64. The molecule has 0 saturated carbocycles. The van der Waals surface area contributed by atoms with Crippen LogP contribution in [-0.2, 0) is 14.3 Å². The number of carbonyl (C=O) groups excluding carboxylic acids is 3. The number of hydrogen-bond acceptors (Lipinski definition) is 6. The number of esters is 1. The Morgan fingerprint density at radius 2 is 1.73 bits per heavy atom. The minimum Gasteiger partial charge on any atom is -0.492 e. The van der Waals surface area contributed by atoms with Gasteiger partial charge in [-0.15, -0.1) is 0 Å². The molecule has 0 radical (unpaired) electrons. The van der Waals surface area contributed by atoms with E-state index in [2.05, 4.69) is 5.32 Å². The van der Waals surface area contributed by atoms with E-state index < -0.39 is 17.8 Å². The lowest BCUT2D eigenvalue weighted by Crippen LogP contribution is -2.32. The minimum absolute atomic E-state index is 0.0505. The van der Waals surface area contributed by atoms with E-state index in [0.29, 0.717) is 29.3 Å². The second-order valence-electron chi connectivity index (χ2n) is 6.69. The predicted molar refractivity (Wildman–Crippen MR) is 114 cm³/mol. The van der Waals surface area contributed by atoms with Crippen molar-refractivity contribution < 1.29 is 23.9 Å². The van der Waals surface area contributed by atoms with Crippen LogP contribution in [0, 0.1) is 0 Å². The van der Waals surface area contributed by atoms with E-state index in [4.69, 9.17) is 21.1 Å². The molecule has 0 aliphatic carbocycles. The Balaban J connectivity index is 1.82. The summed E-state index contributed by atoms with van der Waals surface area (Å²) in [6, 6.07) is 13.1. The maximum absolute atomic E-state index is 13.0. The molecule has 2 aromatic rings. The molecule has 1 aliphatic heterocycles. The number of benzene rings is 2. The number of nitrogens with zero attached hydrogens (tertiary/aromatic N) is 1. The molecule has 0 saturated heterocycles. The van der Waals surface area contributed by atoms with Gasteiger partial charge in [-0.2, -0.15) is 0 Å². The van der Waals surface area contributed by atoms with E-state index in [9.17, 15) is 14.4 Å². The zero-order valence-corrected chi connectivity index (χ0v) is 17.5. The number of imide groups is 1. The molecule has 0 atom stereocenters. The van der Waals surface area contributed by atoms with Crippen LogP contribution in [0.4, 0.5) is 11.4 Å². The number of hydrogen-bond donors (Lipinski definition) is 1. The van der Waals surface area contributed by atoms with Crippen molar-refractivity contribution in [2.24, 2.45) is 0 Å². The van der Waals surface area contributed by atoms with Gasteiger partial charge in [0.2, 0.25) is 0 Å². The molecule has 0 fully saturated rings. The number of carbonyl (C=O) groups is 3. The molecule has 1 heterocycles. The van der Waals surface area contributed by atoms with Crippen LogP contribution in [-0.4, -0.2) is 30.5 Å². The Kier molecular flexibility index (Phi) is 6.42. The first-order valence-corrected chi connectivity index (χ1v) is 9.79. The quantitative estimate of drug-likeness (QED) is 0.528. The summed E-state index contributed by atoms with van der Waals surface area (Å²) >= 11 is 6.18. The number of anilines is 2. The molecule has 3 rings (SSSR count). The Labute approximate surface area is 179 Å². The molecule has 7 nitrogen and oxygen atoms in total. The Bertz CT molecular complexity index is 1010. The first-order chi connectivity index (χ1) is 14.3. The van der Waals surface area contributed by atoms with Gasteiger partial charge in [0.15, 0.2) is 0 Å². The van der Waals surface area contributed by atoms with Crippen LogP contribution in [0.3, 0.4) is 0 Å². The topological polar surface area (TPSA) is 84.9 Å². The first-order valence-electron chi connectivity index (χ1n) is 9.42. The van der Waals surface area contributed by atoms with Gasteiger partial charge in [-0.3, -0.25) is 9.59 Å². The lowest BCUT2D eigenvalue weighted by molar-refractivity contribution is -0.120. The maximum atomic E-state index is 13.0. The van der Waals surface area contributed by atoms with Gasteiger partial charge in [0, 0.05) is 5.69 Å². The fourth-order valence-corrected chi connectivity index (χ4v) is 3.08. The third-order valence-electron chi connectivity index (χ3n) is 4.17. The van der Waals surface area contributed by atoms with E-state index in [1.165, 1.54) is 0 Å². The molecule has 0 aromatic heterocycles. The van der Waals surface area contributed by atoms with Crippen molar-refractivity contribution in [2.45, 2.75) is 26.9 Å². The second-order valence-corrected chi connectivity index (χ2v) is 7.07. The van der Waals surface area contributed by atoms with Crippen molar-refractivity contribution in [1.29, 1.82) is 0 Å². The van der Waals surface area contributed by atoms with E-state index >= 15 is 0 Å². The van der Waals surface area contributed by atoms with Crippen LogP contribution in [0.2, 0.25) is 0 Å². The van der Waals surface area contributed by atoms with Crippen LogP contribution in [0.25, 0.3) is 0 Å². The SMILES string of the molecule is CCOc1ccccc1N1C(=O)C(Cl)=C(Nc2ccc(C(=O)OC(C)C)cc2)C1=O. The van der Waals surface area contributed by atoms with Crippen LogP contribution < -0.4 is 15.0 Å². The Morgan fingerprint density at radius 1 is 1.07 bits per heavy atom. The highest BCUT2D eigenvalue weighted by molar-refractivity contribution is 6.53. The summed E-state index contributed by atoms with van der Waals surface area (Å²) in [5.74, 6) is -1.28. The fourth-order valence-electron chi connectivity index (χ4n) is 2.87. The smallest absolute Gasteiger partial charge is 0.338 e. The molecule has 8 heteroatoms. The molecule has 1 N–H and O–H groups in total. The monoisotopic (exact) mass is 428 g/mol. The zero-order chi connectivity index (χ0) is 21.8. The van der Waals surface area contributed by atoms with Crippen molar-refractivity contribution in [3.05, 3.63) is 64.8 Å². The highest BCUT2D eigenvalue weighted by Gasteiger charge is 2.40. The molecule has 0 unspecified atom stereocenters. The first kappa shape index (κ1) is 21.4. The van der Waals surface area contributed by atoms with Crippen LogP contribution in [0.15, 0.2) is 59.3 Å². The van der Waals surface area contributed by atoms with Gasteiger partial charge >= 0.3 is 5.97 Å². The van der Waals surface area contributed by atoms with Gasteiger partial charge in [0.05, 0.1) is 24.0 Å². The summed E-state index contributed by atoms with van der Waals surface area (Å²) in [5.41, 5.74) is 1.13. The summed E-state index contributed by atoms with van der Waals surface area (Å²) in [6.45, 7) is 5.72. The number of nitrogens with one attached hydrogen (secondary N) is 1. The zero-order valence-electron chi connectivity index (χ0n) is 16.8. The van der Waals surface area contributed by atoms with Gasteiger partial charge in [-0.25, -0.2) is 9.69 Å². The van der Waals surface area contributed by atoms with Crippen LogP contribution in [0.1, 0.15) is 31.1 Å². The fraction of sp³-hybridized carbons (Fsp3) is 0.227. The molecule has 2 amide bonds. The number of para-hydroxylation sites is 2. The van der Waals surface area contributed by atoms with Crippen molar-refractivity contribution in [1.82, 2.24) is 0 Å². The molecule has 0 bridgehead atoms. The number of rotatable bonds is 7. The third kappa shape index (κ3) is 4.31. The standard InChI is InChI=1S/C22H21ClN2O5/c1-4-29-17-8-6-5-7-16(17)25-20(26)18(23)19(21(25)27)24-15-11-9-14(10-12-15)22(28)30-13(2)3/h5-13,24H,4H2,1-3H3. The second kappa shape index (κ2) is 9.00. The summed E-state index contributed by atoms with van der Waals surface area (Å²) in [4.78, 5) is 38.6. The summed E-state index contributed by atoms with van der Waals surface area (Å²) in [6.07, 6.45) is -0.230. The van der Waals surface area contributed by atoms with Gasteiger partial charge in [0.25, 0.3) is 11.8 Å². The van der Waals surface area contributed by atoms with Crippen molar-refractivity contribution >= 4 is 40.8 Å². The van der Waals surface area contributed by atoms with Crippen molar-refractivity contribution in [3.63, 3.8) is 0 Å². The number of ether oxygens (including phenoxy) is 2.